The molecule has 0 aliphatic heterocycles. The molecule has 1 unspecified atom stereocenters. The minimum Gasteiger partial charge on any atom is -0.372 e. The van der Waals surface area contributed by atoms with Crippen LogP contribution in [0.5, 0.6) is 0 Å². The minimum atomic E-state index is -1.50. The topological polar surface area (TPSA) is 103 Å². The molecule has 1 aromatic heterocycles. The summed E-state index contributed by atoms with van der Waals surface area (Å²) in [6, 6.07) is 5.43. The highest BCUT2D eigenvalue weighted by Gasteiger charge is 2.16. The van der Waals surface area contributed by atoms with E-state index in [2.05, 4.69) is 17.0 Å². The summed E-state index contributed by atoms with van der Waals surface area (Å²) in [5, 5.41) is 19.0. The maximum atomic E-state index is 8.36. The zero-order valence-electron chi connectivity index (χ0n) is 12.3. The molecule has 0 fully saturated rings. The van der Waals surface area contributed by atoms with Crippen LogP contribution in [0, 0.1) is 10.1 Å². The van der Waals surface area contributed by atoms with Crippen LogP contribution in [0.1, 0.15) is 25.0 Å². The molecular weight excluding hydrogens is 347 g/mol. The predicted molar refractivity (Wildman–Crippen MR) is 84.2 cm³/mol. The number of hydrogen-bond donors (Lipinski definition) is 1. The number of benzene rings is 1. The average molecular weight is 363 g/mol. The van der Waals surface area contributed by atoms with Gasteiger partial charge in [0.05, 0.1) is 6.54 Å². The van der Waals surface area contributed by atoms with Gasteiger partial charge >= 0.3 is 0 Å². The van der Waals surface area contributed by atoms with E-state index in [0.29, 0.717) is 23.2 Å². The van der Waals surface area contributed by atoms with Crippen LogP contribution in [0.4, 0.5) is 0 Å². The Hall–Kier alpha value is -1.90. The highest BCUT2D eigenvalue weighted by molar-refractivity contribution is 6.35. The van der Waals surface area contributed by atoms with E-state index in [4.69, 9.17) is 43.3 Å². The molecule has 2 rings (SSSR count). The number of nitrogens with zero attached hydrogens (tertiary/aromatic N) is 4. The van der Waals surface area contributed by atoms with Crippen molar-refractivity contribution in [2.24, 2.45) is 0 Å². The Balaban J connectivity index is 0.000000593. The Labute approximate surface area is 142 Å². The zero-order chi connectivity index (χ0) is 17.2. The van der Waals surface area contributed by atoms with Gasteiger partial charge in [-0.3, -0.25) is 4.68 Å². The Kier molecular flexibility index (Phi) is 8.31. The van der Waals surface area contributed by atoms with Gasteiger partial charge < -0.3 is 9.94 Å². The summed E-state index contributed by atoms with van der Waals surface area (Å²) in [6.45, 7) is 3.30. The predicted octanol–water partition coefficient (Wildman–Crippen LogP) is 3.41. The van der Waals surface area contributed by atoms with Gasteiger partial charge in [0.1, 0.15) is 18.8 Å². The van der Waals surface area contributed by atoms with Gasteiger partial charge in [-0.1, -0.05) is 36.2 Å². The molecule has 0 aliphatic rings. The lowest BCUT2D eigenvalue weighted by atomic mass is 10.1. The molecule has 0 saturated carbocycles. The third-order valence-electron chi connectivity index (χ3n) is 2.65. The summed E-state index contributed by atoms with van der Waals surface area (Å²) in [7, 11) is 0. The normalized spacial score (nSPS) is 11.4. The highest BCUT2D eigenvalue weighted by Crippen LogP contribution is 2.29. The first-order valence-electron chi connectivity index (χ1n) is 6.66. The van der Waals surface area contributed by atoms with Crippen LogP contribution in [0.15, 0.2) is 30.9 Å². The molecule has 1 N–H and O–H groups in total. The maximum absolute atomic E-state index is 8.36. The van der Waals surface area contributed by atoms with Crippen molar-refractivity contribution in [1.29, 1.82) is 0 Å². The van der Waals surface area contributed by atoms with Crippen molar-refractivity contribution < 1.29 is 15.0 Å². The molecule has 0 bridgehead atoms. The lowest BCUT2D eigenvalue weighted by Gasteiger charge is -2.19. The largest absolute Gasteiger partial charge is 0.372 e. The van der Waals surface area contributed by atoms with Crippen LogP contribution in [0.25, 0.3) is 0 Å². The molecule has 2 aromatic rings. The smallest absolute Gasteiger partial charge is 0.291 e. The molecule has 1 atom stereocenters. The molecule has 1 heterocycles. The van der Waals surface area contributed by atoms with Gasteiger partial charge in [-0.05, 0) is 18.6 Å². The van der Waals surface area contributed by atoms with E-state index in [-0.39, 0.29) is 6.10 Å². The van der Waals surface area contributed by atoms with Crippen molar-refractivity contribution in [1.82, 2.24) is 14.8 Å². The molecular formula is C13H16Cl2N4O4. The first kappa shape index (κ1) is 19.1. The fraction of sp³-hybridized carbons (Fsp3) is 0.385. The summed E-state index contributed by atoms with van der Waals surface area (Å²) >= 11 is 12.1. The molecule has 126 valence electrons. The molecule has 23 heavy (non-hydrogen) atoms. The van der Waals surface area contributed by atoms with Crippen molar-refractivity contribution in [3.63, 3.8) is 0 Å². The van der Waals surface area contributed by atoms with Gasteiger partial charge in [0.15, 0.2) is 0 Å². The van der Waals surface area contributed by atoms with Gasteiger partial charge in [-0.15, -0.1) is 10.1 Å². The van der Waals surface area contributed by atoms with E-state index in [0.717, 1.165) is 12.0 Å². The second-order valence-electron chi connectivity index (χ2n) is 4.38. The monoisotopic (exact) mass is 362 g/mol. The second-order valence-corrected chi connectivity index (χ2v) is 5.22. The van der Waals surface area contributed by atoms with Gasteiger partial charge in [0, 0.05) is 22.2 Å². The lowest BCUT2D eigenvalue weighted by Crippen LogP contribution is -2.14. The van der Waals surface area contributed by atoms with E-state index in [1.807, 2.05) is 12.1 Å². The average Bonchev–Trinajstić information content (AvgIpc) is 2.96. The Morgan fingerprint density at radius 1 is 1.48 bits per heavy atom. The Bertz CT molecular complexity index is 606. The second kappa shape index (κ2) is 9.98. The van der Waals surface area contributed by atoms with Crippen LogP contribution < -0.4 is 0 Å². The lowest BCUT2D eigenvalue weighted by molar-refractivity contribution is -0.742. The number of aromatic nitrogens is 3. The van der Waals surface area contributed by atoms with Crippen molar-refractivity contribution in [3.8, 4) is 0 Å². The summed E-state index contributed by atoms with van der Waals surface area (Å²) in [5.74, 6) is 0. The van der Waals surface area contributed by atoms with Crippen molar-refractivity contribution in [3.05, 3.63) is 56.6 Å². The van der Waals surface area contributed by atoms with Gasteiger partial charge in [0.25, 0.3) is 5.09 Å². The van der Waals surface area contributed by atoms with Gasteiger partial charge in [-0.25, -0.2) is 4.98 Å². The van der Waals surface area contributed by atoms with E-state index < -0.39 is 5.09 Å². The first-order chi connectivity index (χ1) is 10.9. The van der Waals surface area contributed by atoms with E-state index in [9.17, 15) is 0 Å². The Morgan fingerprint density at radius 3 is 2.70 bits per heavy atom. The fourth-order valence-electron chi connectivity index (χ4n) is 1.76. The van der Waals surface area contributed by atoms with E-state index in [1.54, 1.807) is 17.1 Å². The summed E-state index contributed by atoms with van der Waals surface area (Å²) < 4.78 is 7.58. The van der Waals surface area contributed by atoms with Crippen LogP contribution in [0.2, 0.25) is 10.0 Å². The molecule has 8 nitrogen and oxygen atoms in total. The minimum absolute atomic E-state index is 0.161. The van der Waals surface area contributed by atoms with Crippen LogP contribution in [0.3, 0.4) is 0 Å². The Morgan fingerprint density at radius 2 is 2.17 bits per heavy atom. The number of halogens is 2. The standard InChI is InChI=1S/C13H15Cl2N3O.HNO3/c1-2-5-19-13(7-18-9-16-8-17-18)11-4-3-10(14)6-12(11)15;2-1(3)4/h3-4,6,8-9,13H,2,5,7H2,1H3;(H,2,3,4). The van der Waals surface area contributed by atoms with E-state index in [1.165, 1.54) is 6.33 Å². The fourth-order valence-corrected chi connectivity index (χ4v) is 2.29. The molecule has 0 amide bonds. The van der Waals surface area contributed by atoms with E-state index >= 15 is 0 Å². The van der Waals surface area contributed by atoms with Crippen molar-refractivity contribution >= 4 is 23.2 Å². The van der Waals surface area contributed by atoms with Crippen LogP contribution in [-0.4, -0.2) is 31.7 Å². The van der Waals surface area contributed by atoms with Crippen LogP contribution in [-0.2, 0) is 11.3 Å². The SMILES string of the molecule is CCCOC(Cn1cncn1)c1ccc(Cl)cc1Cl.O=[N+]([O-])O. The summed E-state index contributed by atoms with van der Waals surface area (Å²) in [5.41, 5.74) is 0.912. The van der Waals surface area contributed by atoms with Gasteiger partial charge in [-0.2, -0.15) is 5.10 Å². The van der Waals surface area contributed by atoms with Crippen molar-refractivity contribution in [2.75, 3.05) is 6.61 Å². The molecule has 0 radical (unpaired) electrons. The van der Waals surface area contributed by atoms with Crippen LogP contribution >= 0.6 is 23.2 Å². The molecule has 0 spiro atoms. The number of hydrogen-bond acceptors (Lipinski definition) is 5. The first-order valence-corrected chi connectivity index (χ1v) is 7.41. The number of rotatable bonds is 6. The molecule has 10 heteroatoms. The quantitative estimate of drug-likeness (QED) is 0.623. The third-order valence-corrected chi connectivity index (χ3v) is 3.21. The van der Waals surface area contributed by atoms with Gasteiger partial charge in [0.2, 0.25) is 0 Å². The number of ether oxygens (including phenoxy) is 1. The summed E-state index contributed by atoms with van der Waals surface area (Å²) in [4.78, 5) is 12.3. The van der Waals surface area contributed by atoms with Crippen molar-refractivity contribution in [2.45, 2.75) is 26.0 Å². The maximum Gasteiger partial charge on any atom is 0.291 e. The molecule has 0 saturated heterocycles. The zero-order valence-corrected chi connectivity index (χ0v) is 13.8. The summed E-state index contributed by atoms with van der Waals surface area (Å²) in [6.07, 6.45) is 3.94. The molecule has 0 aliphatic carbocycles. The molecule has 1 aromatic carbocycles. The highest BCUT2D eigenvalue weighted by atomic mass is 35.5. The third kappa shape index (κ3) is 7.27.